The van der Waals surface area contributed by atoms with E-state index >= 15 is 0 Å². The van der Waals surface area contributed by atoms with Crippen LogP contribution in [0.3, 0.4) is 0 Å². The molecule has 26 heavy (non-hydrogen) atoms. The van der Waals surface area contributed by atoms with Gasteiger partial charge < -0.3 is 14.4 Å². The predicted octanol–water partition coefficient (Wildman–Crippen LogP) is 4.41. The smallest absolute Gasteiger partial charge is 0.417 e. The second-order valence-electron chi connectivity index (χ2n) is 6.85. The third-order valence-electron chi connectivity index (χ3n) is 4.90. The number of hydrogen-bond donors (Lipinski definition) is 0. The fourth-order valence-corrected chi connectivity index (χ4v) is 3.48. The van der Waals surface area contributed by atoms with Crippen molar-refractivity contribution in [1.82, 2.24) is 9.88 Å². The van der Waals surface area contributed by atoms with Gasteiger partial charge in [-0.05, 0) is 18.9 Å². The number of nitrogens with zero attached hydrogens (tertiary/aromatic N) is 2. The number of amides is 1. The van der Waals surface area contributed by atoms with Crippen molar-refractivity contribution in [2.24, 2.45) is 0 Å². The molecule has 1 atom stereocenters. The zero-order chi connectivity index (χ0) is 18.6. The van der Waals surface area contributed by atoms with Crippen molar-refractivity contribution >= 4 is 6.09 Å². The number of aromatic nitrogens is 1. The van der Waals surface area contributed by atoms with Crippen molar-refractivity contribution in [3.8, 4) is 5.88 Å². The number of cyclic esters (lactones) is 1. The van der Waals surface area contributed by atoms with Crippen LogP contribution in [-0.4, -0.2) is 41.3 Å². The molecule has 1 aromatic heterocycles. The molecular formula is C18H23F3N2O3. The standard InChI is InChI=1S/C18H23F3N2O3/c19-18(20,21)13-8-9-16(22-10-13)25-12-15-11-23(17(24)26-15)14-6-4-2-1-3-5-7-14/h8-10,14-15H,1-7,11-12H2. The van der Waals surface area contributed by atoms with Crippen LogP contribution in [0.1, 0.15) is 50.5 Å². The number of ether oxygens (including phenoxy) is 2. The van der Waals surface area contributed by atoms with E-state index in [0.717, 1.165) is 37.9 Å². The molecule has 0 radical (unpaired) electrons. The van der Waals surface area contributed by atoms with Gasteiger partial charge in [0.2, 0.25) is 5.88 Å². The molecule has 3 rings (SSSR count). The van der Waals surface area contributed by atoms with Crippen molar-refractivity contribution in [3.05, 3.63) is 23.9 Å². The van der Waals surface area contributed by atoms with E-state index in [1.807, 2.05) is 0 Å². The maximum Gasteiger partial charge on any atom is 0.417 e. The van der Waals surface area contributed by atoms with Gasteiger partial charge in [-0.3, -0.25) is 0 Å². The molecule has 2 fully saturated rings. The molecule has 1 aliphatic carbocycles. The molecule has 1 saturated heterocycles. The fraction of sp³-hybridized carbons (Fsp3) is 0.667. The molecule has 5 nitrogen and oxygen atoms in total. The van der Waals surface area contributed by atoms with Gasteiger partial charge in [-0.2, -0.15) is 13.2 Å². The highest BCUT2D eigenvalue weighted by Crippen LogP contribution is 2.29. The Bertz CT molecular complexity index is 599. The molecule has 0 bridgehead atoms. The van der Waals surface area contributed by atoms with E-state index < -0.39 is 17.8 Å². The maximum absolute atomic E-state index is 12.5. The number of hydrogen-bond acceptors (Lipinski definition) is 4. The molecule has 0 N–H and O–H groups in total. The quantitative estimate of drug-likeness (QED) is 0.785. The molecule has 8 heteroatoms. The van der Waals surface area contributed by atoms with Crippen LogP contribution in [0, 0.1) is 0 Å². The molecule has 144 valence electrons. The molecule has 1 aromatic rings. The summed E-state index contributed by atoms with van der Waals surface area (Å²) in [4.78, 5) is 17.6. The van der Waals surface area contributed by atoms with Crippen LogP contribution < -0.4 is 4.74 Å². The van der Waals surface area contributed by atoms with Crippen molar-refractivity contribution in [3.63, 3.8) is 0 Å². The van der Waals surface area contributed by atoms with Gasteiger partial charge in [-0.25, -0.2) is 9.78 Å². The summed E-state index contributed by atoms with van der Waals surface area (Å²) >= 11 is 0. The number of alkyl halides is 3. The van der Waals surface area contributed by atoms with Crippen molar-refractivity contribution in [2.75, 3.05) is 13.2 Å². The highest BCUT2D eigenvalue weighted by Gasteiger charge is 2.36. The topological polar surface area (TPSA) is 51.7 Å². The van der Waals surface area contributed by atoms with Gasteiger partial charge in [0.1, 0.15) is 6.61 Å². The Hall–Kier alpha value is -1.99. The first kappa shape index (κ1) is 18.8. The van der Waals surface area contributed by atoms with E-state index in [1.165, 1.54) is 25.3 Å². The monoisotopic (exact) mass is 372 g/mol. The number of carbonyl (C=O) groups excluding carboxylic acids is 1. The Morgan fingerprint density at radius 2 is 1.85 bits per heavy atom. The van der Waals surface area contributed by atoms with Crippen LogP contribution in [0.4, 0.5) is 18.0 Å². The van der Waals surface area contributed by atoms with E-state index in [4.69, 9.17) is 9.47 Å². The van der Waals surface area contributed by atoms with Crippen LogP contribution in [0.5, 0.6) is 5.88 Å². The SMILES string of the molecule is O=C1OC(COc2ccc(C(F)(F)F)cn2)CN1C1CCCCCCC1. The van der Waals surface area contributed by atoms with Crippen LogP contribution in [0.2, 0.25) is 0 Å². The Morgan fingerprint density at radius 3 is 2.46 bits per heavy atom. The van der Waals surface area contributed by atoms with Gasteiger partial charge in [0, 0.05) is 18.3 Å². The number of rotatable bonds is 4. The summed E-state index contributed by atoms with van der Waals surface area (Å²) < 4.78 is 48.3. The lowest BCUT2D eigenvalue weighted by molar-refractivity contribution is -0.137. The highest BCUT2D eigenvalue weighted by molar-refractivity contribution is 5.70. The van der Waals surface area contributed by atoms with E-state index in [1.54, 1.807) is 4.90 Å². The first-order chi connectivity index (χ1) is 12.4. The van der Waals surface area contributed by atoms with E-state index in [-0.39, 0.29) is 24.6 Å². The molecule has 1 unspecified atom stereocenters. The third kappa shape index (κ3) is 4.80. The minimum Gasteiger partial charge on any atom is -0.474 e. The third-order valence-corrected chi connectivity index (χ3v) is 4.90. The van der Waals surface area contributed by atoms with Crippen molar-refractivity contribution < 1.29 is 27.4 Å². The van der Waals surface area contributed by atoms with E-state index in [2.05, 4.69) is 4.98 Å². The minimum absolute atomic E-state index is 0.0767. The van der Waals surface area contributed by atoms with Crippen molar-refractivity contribution in [1.29, 1.82) is 0 Å². The second kappa shape index (κ2) is 8.14. The molecule has 1 saturated carbocycles. The molecule has 1 aliphatic heterocycles. The summed E-state index contributed by atoms with van der Waals surface area (Å²) in [6.07, 6.45) is 3.41. The average Bonchev–Trinajstić information content (AvgIpc) is 2.93. The van der Waals surface area contributed by atoms with E-state index in [0.29, 0.717) is 6.54 Å². The number of halogens is 3. The van der Waals surface area contributed by atoms with Gasteiger partial charge in [-0.1, -0.05) is 32.1 Å². The van der Waals surface area contributed by atoms with Crippen LogP contribution in [0.25, 0.3) is 0 Å². The van der Waals surface area contributed by atoms with Gasteiger partial charge in [-0.15, -0.1) is 0 Å². The normalized spacial score (nSPS) is 22.7. The van der Waals surface area contributed by atoms with Gasteiger partial charge >= 0.3 is 12.3 Å². The lowest BCUT2D eigenvalue weighted by Crippen LogP contribution is -2.37. The largest absolute Gasteiger partial charge is 0.474 e. The average molecular weight is 372 g/mol. The Kier molecular flexibility index (Phi) is 5.88. The first-order valence-corrected chi connectivity index (χ1v) is 9.07. The zero-order valence-corrected chi connectivity index (χ0v) is 14.5. The van der Waals surface area contributed by atoms with Gasteiger partial charge in [0.15, 0.2) is 6.10 Å². The molecular weight excluding hydrogens is 349 g/mol. The molecule has 1 amide bonds. The summed E-state index contributed by atoms with van der Waals surface area (Å²) in [5.74, 6) is 0.0819. The zero-order valence-electron chi connectivity index (χ0n) is 14.5. The Labute approximate surface area is 150 Å². The summed E-state index contributed by atoms with van der Waals surface area (Å²) in [7, 11) is 0. The Morgan fingerprint density at radius 1 is 1.15 bits per heavy atom. The summed E-state index contributed by atoms with van der Waals surface area (Å²) in [5.41, 5.74) is -0.826. The molecule has 0 aromatic carbocycles. The number of carbonyl (C=O) groups is 1. The van der Waals surface area contributed by atoms with Crippen molar-refractivity contribution in [2.45, 2.75) is 63.3 Å². The fourth-order valence-electron chi connectivity index (χ4n) is 3.48. The summed E-state index contributed by atoms with van der Waals surface area (Å²) in [6, 6.07) is 2.30. The maximum atomic E-state index is 12.5. The van der Waals surface area contributed by atoms with Gasteiger partial charge in [0.05, 0.1) is 12.1 Å². The lowest BCUT2D eigenvalue weighted by atomic mass is 9.96. The first-order valence-electron chi connectivity index (χ1n) is 9.07. The van der Waals surface area contributed by atoms with E-state index in [9.17, 15) is 18.0 Å². The molecule has 0 spiro atoms. The van der Waals surface area contributed by atoms with Crippen LogP contribution in [0.15, 0.2) is 18.3 Å². The molecule has 2 aliphatic rings. The summed E-state index contributed by atoms with van der Waals surface area (Å²) in [6.45, 7) is 0.525. The lowest BCUT2D eigenvalue weighted by Gasteiger charge is -2.27. The molecule has 2 heterocycles. The predicted molar refractivity (Wildman–Crippen MR) is 87.8 cm³/mol. The second-order valence-corrected chi connectivity index (χ2v) is 6.85. The minimum atomic E-state index is -4.43. The summed E-state index contributed by atoms with van der Waals surface area (Å²) in [5, 5.41) is 0. The van der Waals surface area contributed by atoms with Crippen LogP contribution in [-0.2, 0) is 10.9 Å². The van der Waals surface area contributed by atoms with Gasteiger partial charge in [0.25, 0.3) is 0 Å². The number of pyridine rings is 1. The Balaban J connectivity index is 1.51. The highest BCUT2D eigenvalue weighted by atomic mass is 19.4. The van der Waals surface area contributed by atoms with Crippen LogP contribution >= 0.6 is 0 Å².